The van der Waals surface area contributed by atoms with Crippen LogP contribution in [0.25, 0.3) is 22.8 Å². The van der Waals surface area contributed by atoms with Gasteiger partial charge in [0, 0.05) is 11.1 Å². The third kappa shape index (κ3) is 3.21. The Balaban J connectivity index is 1.55. The number of halogens is 2. The van der Waals surface area contributed by atoms with Crippen molar-refractivity contribution < 1.29 is 13.3 Å². The van der Waals surface area contributed by atoms with Crippen LogP contribution in [0.15, 0.2) is 51.4 Å². The Hall–Kier alpha value is -3.06. The molecule has 0 fully saturated rings. The summed E-state index contributed by atoms with van der Waals surface area (Å²) in [5.41, 5.74) is 1.73. The predicted octanol–water partition coefficient (Wildman–Crippen LogP) is 4.48. The molecule has 0 aliphatic carbocycles. The number of rotatable bonds is 4. The van der Waals surface area contributed by atoms with Gasteiger partial charge in [0.05, 0.1) is 5.02 Å². The summed E-state index contributed by atoms with van der Waals surface area (Å²) >= 11 is 6.13. The van der Waals surface area contributed by atoms with E-state index in [-0.39, 0.29) is 24.0 Å². The second-order valence-corrected chi connectivity index (χ2v) is 6.04. The molecule has 6 nitrogen and oxygen atoms in total. The first-order chi connectivity index (χ1) is 12.6. The number of nitrogens with zero attached hydrogens (tertiary/aromatic N) is 4. The van der Waals surface area contributed by atoms with Crippen molar-refractivity contribution in [2.45, 2.75) is 13.3 Å². The molecule has 4 rings (SSSR count). The summed E-state index contributed by atoms with van der Waals surface area (Å²) in [4.78, 5) is 4.29. The Kier molecular flexibility index (Phi) is 4.22. The topological polar surface area (TPSA) is 77.8 Å². The van der Waals surface area contributed by atoms with Crippen LogP contribution in [-0.2, 0) is 6.42 Å². The Morgan fingerprint density at radius 1 is 1.08 bits per heavy atom. The highest BCUT2D eigenvalue weighted by Crippen LogP contribution is 2.26. The van der Waals surface area contributed by atoms with Gasteiger partial charge in [-0.2, -0.15) is 4.98 Å². The molecule has 0 aliphatic rings. The van der Waals surface area contributed by atoms with Crippen LogP contribution in [0.3, 0.4) is 0 Å². The van der Waals surface area contributed by atoms with E-state index in [1.165, 1.54) is 6.07 Å². The lowest BCUT2D eigenvalue weighted by molar-refractivity contribution is 0.374. The van der Waals surface area contributed by atoms with E-state index in [0.29, 0.717) is 33.4 Å². The van der Waals surface area contributed by atoms with E-state index in [2.05, 4.69) is 20.3 Å². The van der Waals surface area contributed by atoms with Crippen LogP contribution in [0.1, 0.15) is 17.3 Å². The van der Waals surface area contributed by atoms with E-state index in [1.54, 1.807) is 31.2 Å². The van der Waals surface area contributed by atoms with Crippen LogP contribution in [-0.4, -0.2) is 20.3 Å². The average Bonchev–Trinajstić information content (AvgIpc) is 3.28. The zero-order valence-electron chi connectivity index (χ0n) is 13.6. The van der Waals surface area contributed by atoms with E-state index in [1.807, 2.05) is 12.1 Å². The van der Waals surface area contributed by atoms with Crippen molar-refractivity contribution in [1.82, 2.24) is 20.3 Å². The lowest BCUT2D eigenvalue weighted by Gasteiger charge is -1.98. The minimum Gasteiger partial charge on any atom is -0.420 e. The van der Waals surface area contributed by atoms with E-state index in [4.69, 9.17) is 20.5 Å². The van der Waals surface area contributed by atoms with Gasteiger partial charge in [0.1, 0.15) is 12.2 Å². The molecule has 0 saturated heterocycles. The zero-order valence-corrected chi connectivity index (χ0v) is 14.4. The summed E-state index contributed by atoms with van der Waals surface area (Å²) in [5.74, 6) is 0.875. The van der Waals surface area contributed by atoms with Gasteiger partial charge in [0.15, 0.2) is 0 Å². The fourth-order valence-corrected chi connectivity index (χ4v) is 2.60. The van der Waals surface area contributed by atoms with Gasteiger partial charge < -0.3 is 8.94 Å². The van der Waals surface area contributed by atoms with Crippen LogP contribution in [0.2, 0.25) is 5.02 Å². The summed E-state index contributed by atoms with van der Waals surface area (Å²) in [7, 11) is 0. The molecule has 0 saturated carbocycles. The molecular weight excluding hydrogens is 359 g/mol. The fraction of sp³-hybridized carbons (Fsp3) is 0.111. The molecule has 0 spiro atoms. The van der Waals surface area contributed by atoms with Crippen molar-refractivity contribution in [3.8, 4) is 22.8 Å². The van der Waals surface area contributed by atoms with Gasteiger partial charge in [0.2, 0.25) is 23.5 Å². The molecule has 0 amide bonds. The number of benzene rings is 2. The van der Waals surface area contributed by atoms with E-state index in [9.17, 15) is 4.39 Å². The first-order valence-corrected chi connectivity index (χ1v) is 8.14. The third-order valence-electron chi connectivity index (χ3n) is 3.77. The lowest BCUT2D eigenvalue weighted by Crippen LogP contribution is -1.89. The number of aromatic nitrogens is 4. The maximum Gasteiger partial charge on any atom is 0.247 e. The smallest absolute Gasteiger partial charge is 0.247 e. The molecule has 2 aromatic heterocycles. The summed E-state index contributed by atoms with van der Waals surface area (Å²) in [6, 6.07) is 11.9. The molecule has 0 unspecified atom stereocenters. The Morgan fingerprint density at radius 2 is 1.92 bits per heavy atom. The van der Waals surface area contributed by atoms with Gasteiger partial charge in [-0.05, 0) is 36.8 Å². The number of aryl methyl sites for hydroxylation is 1. The molecule has 2 aromatic carbocycles. The zero-order chi connectivity index (χ0) is 18.1. The molecule has 2 heterocycles. The summed E-state index contributed by atoms with van der Waals surface area (Å²) in [5, 5.41) is 12.3. The average molecular weight is 371 g/mol. The quantitative estimate of drug-likeness (QED) is 0.527. The third-order valence-corrected chi connectivity index (χ3v) is 4.10. The van der Waals surface area contributed by atoms with Crippen LogP contribution < -0.4 is 0 Å². The standard InChI is InChI=1S/C18H12ClFN4O2/c1-10-6-7-11(8-14(10)20)18-23-22-16(25-18)9-15-21-17(24-26-15)12-4-2-3-5-13(12)19/h2-8H,9H2,1H3. The predicted molar refractivity (Wildman–Crippen MR) is 92.0 cm³/mol. The minimum absolute atomic E-state index is 0.165. The van der Waals surface area contributed by atoms with Crippen LogP contribution in [0.4, 0.5) is 4.39 Å². The van der Waals surface area contributed by atoms with Crippen LogP contribution >= 0.6 is 11.6 Å². The highest BCUT2D eigenvalue weighted by molar-refractivity contribution is 6.33. The number of hydrogen-bond donors (Lipinski definition) is 0. The normalized spacial score (nSPS) is 11.0. The molecule has 0 aliphatic heterocycles. The highest BCUT2D eigenvalue weighted by Gasteiger charge is 2.16. The first-order valence-electron chi connectivity index (χ1n) is 7.76. The van der Waals surface area contributed by atoms with Crippen molar-refractivity contribution in [2.75, 3.05) is 0 Å². The van der Waals surface area contributed by atoms with Gasteiger partial charge in [-0.25, -0.2) is 4.39 Å². The fourth-order valence-electron chi connectivity index (χ4n) is 2.38. The number of hydrogen-bond acceptors (Lipinski definition) is 6. The molecule has 8 heteroatoms. The molecule has 0 bridgehead atoms. The molecule has 0 N–H and O–H groups in total. The second-order valence-electron chi connectivity index (χ2n) is 5.63. The van der Waals surface area contributed by atoms with E-state index >= 15 is 0 Å². The molecule has 130 valence electrons. The highest BCUT2D eigenvalue weighted by atomic mass is 35.5. The van der Waals surface area contributed by atoms with E-state index < -0.39 is 0 Å². The van der Waals surface area contributed by atoms with Gasteiger partial charge in [-0.15, -0.1) is 10.2 Å². The molecule has 0 radical (unpaired) electrons. The largest absolute Gasteiger partial charge is 0.420 e. The maximum absolute atomic E-state index is 13.7. The van der Waals surface area contributed by atoms with E-state index in [0.717, 1.165) is 0 Å². The molecular formula is C18H12ClFN4O2. The van der Waals surface area contributed by atoms with Gasteiger partial charge in [-0.3, -0.25) is 0 Å². The minimum atomic E-state index is -0.330. The molecule has 4 aromatic rings. The molecule has 26 heavy (non-hydrogen) atoms. The Labute approximate surface area is 152 Å². The Bertz CT molecular complexity index is 1080. The monoisotopic (exact) mass is 370 g/mol. The molecule has 0 atom stereocenters. The lowest BCUT2D eigenvalue weighted by atomic mass is 10.1. The SMILES string of the molecule is Cc1ccc(-c2nnc(Cc3nc(-c4ccccc4Cl)no3)o2)cc1F. The summed E-state index contributed by atoms with van der Waals surface area (Å²) < 4.78 is 24.5. The van der Waals surface area contributed by atoms with Crippen molar-refractivity contribution in [1.29, 1.82) is 0 Å². The van der Waals surface area contributed by atoms with Crippen molar-refractivity contribution in [3.05, 3.63) is 70.6 Å². The summed E-state index contributed by atoms with van der Waals surface area (Å²) in [6.45, 7) is 1.69. The van der Waals surface area contributed by atoms with Crippen molar-refractivity contribution >= 4 is 11.6 Å². The maximum atomic E-state index is 13.7. The van der Waals surface area contributed by atoms with Crippen molar-refractivity contribution in [2.24, 2.45) is 0 Å². The van der Waals surface area contributed by atoms with Gasteiger partial charge in [-0.1, -0.05) is 35.0 Å². The Morgan fingerprint density at radius 3 is 2.73 bits per heavy atom. The summed E-state index contributed by atoms with van der Waals surface area (Å²) in [6.07, 6.45) is 0.165. The van der Waals surface area contributed by atoms with Crippen LogP contribution in [0.5, 0.6) is 0 Å². The van der Waals surface area contributed by atoms with Gasteiger partial charge >= 0.3 is 0 Å². The van der Waals surface area contributed by atoms with Crippen molar-refractivity contribution in [3.63, 3.8) is 0 Å². The van der Waals surface area contributed by atoms with Crippen LogP contribution in [0, 0.1) is 12.7 Å². The first kappa shape index (κ1) is 16.4. The second kappa shape index (κ2) is 6.68. The van der Waals surface area contributed by atoms with Gasteiger partial charge in [0.25, 0.3) is 0 Å².